The maximum absolute atomic E-state index is 11.2. The van der Waals surface area contributed by atoms with Crippen LogP contribution < -0.4 is 4.18 Å². The van der Waals surface area contributed by atoms with E-state index in [2.05, 4.69) is 4.98 Å². The van der Waals surface area contributed by atoms with Crippen LogP contribution in [0.2, 0.25) is 0 Å². The Morgan fingerprint density at radius 2 is 1.60 bits per heavy atom. The number of pyridine rings is 1. The Balaban J connectivity index is 2.18. The number of phenolic OH excluding ortho intramolecular Hbond substituents is 1. The summed E-state index contributed by atoms with van der Waals surface area (Å²) in [4.78, 5) is 4.36. The van der Waals surface area contributed by atoms with Gasteiger partial charge in [-0.05, 0) is 35.9 Å². The van der Waals surface area contributed by atoms with E-state index in [4.69, 9.17) is 8.74 Å². The summed E-state index contributed by atoms with van der Waals surface area (Å²) in [5.41, 5.74) is 1.96. The fourth-order valence-electron chi connectivity index (χ4n) is 2.63. The number of rotatable bonds is 5. The van der Waals surface area contributed by atoms with Gasteiger partial charge < -0.3 is 9.29 Å². The van der Waals surface area contributed by atoms with Crippen LogP contribution in [0.3, 0.4) is 0 Å². The zero-order chi connectivity index (χ0) is 17.9. The average molecular weight is 357 g/mol. The van der Waals surface area contributed by atoms with E-state index in [1.54, 1.807) is 42.6 Å². The number of para-hydroxylation sites is 1. The molecule has 25 heavy (non-hydrogen) atoms. The predicted molar refractivity (Wildman–Crippen MR) is 91.9 cm³/mol. The van der Waals surface area contributed by atoms with E-state index in [1.807, 2.05) is 12.1 Å². The summed E-state index contributed by atoms with van der Waals surface area (Å²) in [5.74, 6) is -0.320. The summed E-state index contributed by atoms with van der Waals surface area (Å²) in [6, 6.07) is 18.4. The van der Waals surface area contributed by atoms with Gasteiger partial charge in [0.25, 0.3) is 0 Å². The zero-order valence-corrected chi connectivity index (χ0v) is 13.8. The standard InChI is InChI=1S/C18H15NO5S/c20-14-10-8-13(9-11-14)18(16-6-3-4-12-19-16)15-5-1-2-7-17(15)24-25(21,22)23/h1-12,18,20H,(H,21,22,23). The van der Waals surface area contributed by atoms with Crippen molar-refractivity contribution >= 4 is 10.4 Å². The zero-order valence-electron chi connectivity index (χ0n) is 13.0. The summed E-state index contributed by atoms with van der Waals surface area (Å²) >= 11 is 0. The topological polar surface area (TPSA) is 96.7 Å². The molecular formula is C18H15NO5S. The lowest BCUT2D eigenvalue weighted by Gasteiger charge is -2.20. The molecule has 1 unspecified atom stereocenters. The molecule has 1 heterocycles. The van der Waals surface area contributed by atoms with Gasteiger partial charge in [0.05, 0.1) is 11.6 Å². The first-order valence-corrected chi connectivity index (χ1v) is 8.76. The van der Waals surface area contributed by atoms with Gasteiger partial charge in [-0.25, -0.2) is 0 Å². The third-order valence-corrected chi connectivity index (χ3v) is 4.03. The lowest BCUT2D eigenvalue weighted by molar-refractivity contribution is 0.385. The number of benzene rings is 2. The average Bonchev–Trinajstić information content (AvgIpc) is 2.58. The molecule has 3 aromatic rings. The molecule has 0 fully saturated rings. The van der Waals surface area contributed by atoms with E-state index >= 15 is 0 Å². The van der Waals surface area contributed by atoms with Gasteiger partial charge in [-0.3, -0.25) is 9.54 Å². The minimum Gasteiger partial charge on any atom is -0.508 e. The van der Waals surface area contributed by atoms with Gasteiger partial charge in [-0.2, -0.15) is 8.42 Å². The molecule has 1 aromatic heterocycles. The van der Waals surface area contributed by atoms with Gasteiger partial charge in [-0.1, -0.05) is 36.4 Å². The molecule has 6 nitrogen and oxygen atoms in total. The molecule has 3 rings (SSSR count). The van der Waals surface area contributed by atoms with Crippen LogP contribution in [0.4, 0.5) is 0 Å². The van der Waals surface area contributed by atoms with Crippen LogP contribution in [0.5, 0.6) is 11.5 Å². The molecule has 0 saturated heterocycles. The van der Waals surface area contributed by atoms with Gasteiger partial charge in [0.15, 0.2) is 0 Å². The number of aromatic nitrogens is 1. The Bertz CT molecular complexity index is 956. The van der Waals surface area contributed by atoms with Crippen molar-refractivity contribution in [2.75, 3.05) is 0 Å². The first-order valence-electron chi connectivity index (χ1n) is 7.40. The van der Waals surface area contributed by atoms with Gasteiger partial charge in [0.1, 0.15) is 11.5 Å². The maximum Gasteiger partial charge on any atom is 0.446 e. The number of nitrogens with zero attached hydrogens (tertiary/aromatic N) is 1. The number of phenols is 1. The molecule has 128 valence electrons. The molecule has 0 bridgehead atoms. The number of aromatic hydroxyl groups is 1. The van der Waals surface area contributed by atoms with Crippen molar-refractivity contribution in [2.24, 2.45) is 0 Å². The Hall–Kier alpha value is -2.90. The first-order chi connectivity index (χ1) is 11.9. The molecule has 0 aliphatic carbocycles. The summed E-state index contributed by atoms with van der Waals surface area (Å²) in [6.45, 7) is 0. The molecule has 0 aliphatic heterocycles. The minimum atomic E-state index is -4.66. The van der Waals surface area contributed by atoms with E-state index in [0.717, 1.165) is 5.56 Å². The quantitative estimate of drug-likeness (QED) is 0.681. The van der Waals surface area contributed by atoms with Crippen LogP contribution in [0.25, 0.3) is 0 Å². The van der Waals surface area contributed by atoms with Crippen molar-refractivity contribution in [2.45, 2.75) is 5.92 Å². The Morgan fingerprint density at radius 1 is 0.920 bits per heavy atom. The van der Waals surface area contributed by atoms with Crippen LogP contribution in [0, 0.1) is 0 Å². The van der Waals surface area contributed by atoms with Crippen molar-refractivity contribution in [3.63, 3.8) is 0 Å². The lowest BCUT2D eigenvalue weighted by Crippen LogP contribution is -2.12. The third-order valence-electron chi connectivity index (χ3n) is 3.64. The second kappa shape index (κ2) is 6.92. The summed E-state index contributed by atoms with van der Waals surface area (Å²) in [6.07, 6.45) is 1.63. The summed E-state index contributed by atoms with van der Waals surface area (Å²) in [5, 5.41) is 9.53. The highest BCUT2D eigenvalue weighted by Gasteiger charge is 2.23. The van der Waals surface area contributed by atoms with Gasteiger partial charge >= 0.3 is 10.4 Å². The van der Waals surface area contributed by atoms with Crippen molar-refractivity contribution in [3.05, 3.63) is 89.7 Å². The van der Waals surface area contributed by atoms with E-state index in [0.29, 0.717) is 11.3 Å². The summed E-state index contributed by atoms with van der Waals surface area (Å²) in [7, 11) is -4.66. The Morgan fingerprint density at radius 3 is 2.24 bits per heavy atom. The van der Waals surface area contributed by atoms with Crippen LogP contribution >= 0.6 is 0 Å². The van der Waals surface area contributed by atoms with E-state index in [-0.39, 0.29) is 11.5 Å². The Labute approximate surface area is 145 Å². The molecule has 0 aliphatic rings. The second-order valence-electron chi connectivity index (χ2n) is 5.33. The maximum atomic E-state index is 11.2. The predicted octanol–water partition coefficient (Wildman–Crippen LogP) is 3.15. The lowest BCUT2D eigenvalue weighted by atomic mass is 9.87. The van der Waals surface area contributed by atoms with Gasteiger partial charge in [0, 0.05) is 11.8 Å². The highest BCUT2D eigenvalue weighted by Crippen LogP contribution is 2.37. The van der Waals surface area contributed by atoms with Crippen molar-refractivity contribution in [3.8, 4) is 11.5 Å². The molecule has 0 spiro atoms. The van der Waals surface area contributed by atoms with E-state index in [9.17, 15) is 13.5 Å². The van der Waals surface area contributed by atoms with Gasteiger partial charge in [-0.15, -0.1) is 0 Å². The monoisotopic (exact) mass is 357 g/mol. The fourth-order valence-corrected chi connectivity index (χ4v) is 3.01. The molecule has 1 atom stereocenters. The van der Waals surface area contributed by atoms with Crippen LogP contribution in [0.1, 0.15) is 22.7 Å². The van der Waals surface area contributed by atoms with Crippen LogP contribution in [-0.4, -0.2) is 23.1 Å². The van der Waals surface area contributed by atoms with Crippen molar-refractivity contribution < 1.29 is 22.3 Å². The largest absolute Gasteiger partial charge is 0.508 e. The Kier molecular flexibility index (Phi) is 4.69. The van der Waals surface area contributed by atoms with Gasteiger partial charge in [0.2, 0.25) is 0 Å². The fraction of sp³-hybridized carbons (Fsp3) is 0.0556. The molecule has 0 radical (unpaired) electrons. The van der Waals surface area contributed by atoms with Crippen LogP contribution in [-0.2, 0) is 10.4 Å². The first kappa shape index (κ1) is 16.9. The third kappa shape index (κ3) is 4.14. The van der Waals surface area contributed by atoms with Crippen molar-refractivity contribution in [1.82, 2.24) is 4.98 Å². The minimum absolute atomic E-state index is 0.00808. The van der Waals surface area contributed by atoms with Crippen molar-refractivity contribution in [1.29, 1.82) is 0 Å². The van der Waals surface area contributed by atoms with E-state index in [1.165, 1.54) is 18.2 Å². The van der Waals surface area contributed by atoms with E-state index < -0.39 is 16.3 Å². The van der Waals surface area contributed by atoms with Crippen LogP contribution in [0.15, 0.2) is 72.9 Å². The number of hydrogen-bond donors (Lipinski definition) is 2. The molecule has 0 saturated carbocycles. The normalized spacial score (nSPS) is 12.5. The molecular weight excluding hydrogens is 342 g/mol. The SMILES string of the molecule is O=S(=O)(O)Oc1ccccc1C(c1ccc(O)cc1)c1ccccn1. The second-order valence-corrected chi connectivity index (χ2v) is 6.35. The number of hydrogen-bond acceptors (Lipinski definition) is 5. The highest BCUT2D eigenvalue weighted by molar-refractivity contribution is 7.81. The highest BCUT2D eigenvalue weighted by atomic mass is 32.3. The summed E-state index contributed by atoms with van der Waals surface area (Å²) < 4.78 is 36.1. The molecule has 0 amide bonds. The molecule has 2 aromatic carbocycles. The molecule has 7 heteroatoms. The smallest absolute Gasteiger partial charge is 0.446 e. The molecule has 2 N–H and O–H groups in total.